The second kappa shape index (κ2) is 7.59. The van der Waals surface area contributed by atoms with E-state index in [4.69, 9.17) is 0 Å². The van der Waals surface area contributed by atoms with Gasteiger partial charge in [-0.1, -0.05) is 18.2 Å². The molecule has 2 heterocycles. The first-order chi connectivity index (χ1) is 11.8. The molecular formula is C20H24N4+2. The minimum atomic E-state index is 0.955. The smallest absolute Gasteiger partial charge is 0.236 e. The van der Waals surface area contributed by atoms with Gasteiger partial charge < -0.3 is 0 Å². The zero-order valence-corrected chi connectivity index (χ0v) is 14.0. The fraction of sp³-hybridized carbons (Fsp3) is 0.200. The van der Waals surface area contributed by atoms with Gasteiger partial charge in [-0.15, -0.1) is 13.2 Å². The molecule has 0 aliphatic heterocycles. The highest BCUT2D eigenvalue weighted by atomic mass is 15.1. The zero-order valence-electron chi connectivity index (χ0n) is 14.0. The van der Waals surface area contributed by atoms with Crippen LogP contribution in [-0.2, 0) is 13.1 Å². The summed E-state index contributed by atoms with van der Waals surface area (Å²) in [4.78, 5) is 0. The fourth-order valence-corrected chi connectivity index (χ4v) is 2.65. The molecule has 0 unspecified atom stereocenters. The normalized spacial score (nSPS) is 10.7. The van der Waals surface area contributed by atoms with Crippen molar-refractivity contribution in [2.24, 2.45) is 0 Å². The summed E-state index contributed by atoms with van der Waals surface area (Å²) in [5, 5.41) is 0. The Kier molecular flexibility index (Phi) is 5.06. The number of allylic oxidation sites excluding steroid dienone is 2. The molecule has 0 saturated carbocycles. The van der Waals surface area contributed by atoms with Crippen LogP contribution in [0.3, 0.4) is 0 Å². The highest BCUT2D eigenvalue weighted by Crippen LogP contribution is 2.13. The SMILES string of the molecule is C=CCC[n+]1ccn(-c2cccc(-n3cc[n+](CCC=C)c3)c2)c1. The molecule has 1 aromatic carbocycles. The average Bonchev–Trinajstić information content (AvgIpc) is 3.28. The van der Waals surface area contributed by atoms with E-state index in [-0.39, 0.29) is 0 Å². The summed E-state index contributed by atoms with van der Waals surface area (Å²) in [5.41, 5.74) is 2.30. The molecule has 0 amide bonds. The van der Waals surface area contributed by atoms with E-state index in [1.54, 1.807) is 0 Å². The first-order valence-corrected chi connectivity index (χ1v) is 8.27. The monoisotopic (exact) mass is 320 g/mol. The van der Waals surface area contributed by atoms with Crippen LogP contribution >= 0.6 is 0 Å². The van der Waals surface area contributed by atoms with Crippen molar-refractivity contribution in [1.29, 1.82) is 0 Å². The highest BCUT2D eigenvalue weighted by Gasteiger charge is 2.11. The molecule has 0 N–H and O–H groups in total. The van der Waals surface area contributed by atoms with Gasteiger partial charge in [-0.25, -0.2) is 18.3 Å². The first-order valence-electron chi connectivity index (χ1n) is 8.27. The van der Waals surface area contributed by atoms with E-state index in [1.165, 1.54) is 0 Å². The Morgan fingerprint density at radius 2 is 1.33 bits per heavy atom. The number of imidazole rings is 2. The third-order valence-electron chi connectivity index (χ3n) is 3.99. The maximum Gasteiger partial charge on any atom is 0.248 e. The Labute approximate surface area is 143 Å². The van der Waals surface area contributed by atoms with Gasteiger partial charge in [0.2, 0.25) is 12.7 Å². The molecule has 4 heteroatoms. The van der Waals surface area contributed by atoms with Gasteiger partial charge in [0.15, 0.2) is 0 Å². The van der Waals surface area contributed by atoms with Crippen LogP contribution < -0.4 is 9.13 Å². The number of hydrogen-bond donors (Lipinski definition) is 0. The van der Waals surface area contributed by atoms with Crippen molar-refractivity contribution in [2.75, 3.05) is 0 Å². The summed E-state index contributed by atoms with van der Waals surface area (Å²) in [6.45, 7) is 9.46. The summed E-state index contributed by atoms with van der Waals surface area (Å²) in [5.74, 6) is 0. The largest absolute Gasteiger partial charge is 0.248 e. The summed E-state index contributed by atoms with van der Waals surface area (Å²) in [7, 11) is 0. The van der Waals surface area contributed by atoms with Crippen LogP contribution in [0, 0.1) is 0 Å². The van der Waals surface area contributed by atoms with E-state index >= 15 is 0 Å². The van der Waals surface area contributed by atoms with Crippen molar-refractivity contribution in [2.45, 2.75) is 25.9 Å². The van der Waals surface area contributed by atoms with Crippen molar-refractivity contribution < 1.29 is 9.13 Å². The summed E-state index contributed by atoms with van der Waals surface area (Å²) < 4.78 is 8.63. The van der Waals surface area contributed by atoms with Crippen LogP contribution in [0.4, 0.5) is 0 Å². The Hall–Kier alpha value is -2.88. The van der Waals surface area contributed by atoms with Crippen molar-refractivity contribution in [1.82, 2.24) is 9.13 Å². The molecule has 24 heavy (non-hydrogen) atoms. The second-order valence-electron chi connectivity index (χ2n) is 5.79. The zero-order chi connectivity index (χ0) is 16.8. The number of aromatic nitrogens is 4. The third-order valence-corrected chi connectivity index (χ3v) is 3.99. The summed E-state index contributed by atoms with van der Waals surface area (Å²) in [6, 6.07) is 8.52. The first kappa shape index (κ1) is 16.0. The van der Waals surface area contributed by atoms with Gasteiger partial charge in [0.25, 0.3) is 0 Å². The molecular weight excluding hydrogens is 296 g/mol. The molecule has 122 valence electrons. The minimum Gasteiger partial charge on any atom is -0.236 e. The molecule has 0 spiro atoms. The Morgan fingerprint density at radius 1 is 0.833 bits per heavy atom. The van der Waals surface area contributed by atoms with Gasteiger partial charge in [-0.05, 0) is 12.1 Å². The summed E-state index contributed by atoms with van der Waals surface area (Å²) >= 11 is 0. The van der Waals surface area contributed by atoms with Crippen LogP contribution in [0.25, 0.3) is 11.4 Å². The molecule has 0 aliphatic rings. The van der Waals surface area contributed by atoms with Crippen molar-refractivity contribution >= 4 is 0 Å². The molecule has 3 aromatic rings. The predicted molar refractivity (Wildman–Crippen MR) is 95.1 cm³/mol. The standard InChI is InChI=1S/C20H24N4/c1-3-5-10-21-12-14-23(17-21)19-8-7-9-20(16-19)24-15-13-22(18-24)11-6-4-2/h3-4,7-9,12-18H,1-2,5-6,10-11H2/q+2. The summed E-state index contributed by atoms with van der Waals surface area (Å²) in [6.07, 6.45) is 18.4. The average molecular weight is 320 g/mol. The van der Waals surface area contributed by atoms with E-state index in [0.29, 0.717) is 0 Å². The quantitative estimate of drug-likeness (QED) is 0.448. The Morgan fingerprint density at radius 3 is 1.79 bits per heavy atom. The molecule has 0 atom stereocenters. The number of nitrogens with zero attached hydrogens (tertiary/aromatic N) is 4. The van der Waals surface area contributed by atoms with Crippen molar-refractivity contribution in [3.8, 4) is 11.4 Å². The van der Waals surface area contributed by atoms with Crippen LogP contribution in [-0.4, -0.2) is 9.13 Å². The molecule has 0 saturated heterocycles. The van der Waals surface area contributed by atoms with Gasteiger partial charge in [-0.2, -0.15) is 0 Å². The number of aryl methyl sites for hydroxylation is 2. The lowest BCUT2D eigenvalue weighted by atomic mass is 10.2. The Bertz CT molecular complexity index is 760. The van der Waals surface area contributed by atoms with E-state index in [1.807, 2.05) is 12.2 Å². The molecule has 4 nitrogen and oxygen atoms in total. The van der Waals surface area contributed by atoms with Crippen LogP contribution in [0.15, 0.2) is 87.0 Å². The van der Waals surface area contributed by atoms with Crippen molar-refractivity contribution in [3.05, 3.63) is 87.0 Å². The lowest BCUT2D eigenvalue weighted by Gasteiger charge is -1.99. The van der Waals surface area contributed by atoms with E-state index in [2.05, 4.69) is 93.1 Å². The van der Waals surface area contributed by atoms with Gasteiger partial charge >= 0.3 is 0 Å². The fourth-order valence-electron chi connectivity index (χ4n) is 2.65. The molecule has 0 bridgehead atoms. The number of rotatable bonds is 8. The number of hydrogen-bond acceptors (Lipinski definition) is 0. The van der Waals surface area contributed by atoms with Crippen LogP contribution in [0.5, 0.6) is 0 Å². The van der Waals surface area contributed by atoms with E-state index in [0.717, 1.165) is 37.3 Å². The topological polar surface area (TPSA) is 17.6 Å². The third kappa shape index (κ3) is 3.71. The van der Waals surface area contributed by atoms with Crippen LogP contribution in [0.1, 0.15) is 12.8 Å². The highest BCUT2D eigenvalue weighted by molar-refractivity contribution is 5.43. The maximum absolute atomic E-state index is 3.78. The Balaban J connectivity index is 1.81. The lowest BCUT2D eigenvalue weighted by molar-refractivity contribution is -0.695. The molecule has 0 radical (unpaired) electrons. The second-order valence-corrected chi connectivity index (χ2v) is 5.79. The minimum absolute atomic E-state index is 0.955. The predicted octanol–water partition coefficient (Wildman–Crippen LogP) is 3.00. The van der Waals surface area contributed by atoms with E-state index < -0.39 is 0 Å². The molecule has 3 rings (SSSR count). The van der Waals surface area contributed by atoms with E-state index in [9.17, 15) is 0 Å². The molecule has 2 aromatic heterocycles. The van der Waals surface area contributed by atoms with Gasteiger partial charge in [0.1, 0.15) is 36.2 Å². The van der Waals surface area contributed by atoms with Gasteiger partial charge in [-0.3, -0.25) is 0 Å². The molecule has 0 fully saturated rings. The molecule has 0 aliphatic carbocycles. The lowest BCUT2D eigenvalue weighted by Crippen LogP contribution is -2.30. The number of benzene rings is 1. The van der Waals surface area contributed by atoms with Crippen LogP contribution in [0.2, 0.25) is 0 Å². The van der Waals surface area contributed by atoms with Gasteiger partial charge in [0, 0.05) is 18.9 Å². The van der Waals surface area contributed by atoms with Gasteiger partial charge in [0.05, 0.1) is 13.1 Å². The maximum atomic E-state index is 3.78. The van der Waals surface area contributed by atoms with Crippen molar-refractivity contribution in [3.63, 3.8) is 0 Å².